The van der Waals surface area contributed by atoms with Crippen molar-refractivity contribution >= 4 is 17.5 Å². The molecule has 1 aliphatic heterocycles. The molecule has 0 unspecified atom stereocenters. The summed E-state index contributed by atoms with van der Waals surface area (Å²) in [7, 11) is 0. The standard InChI is InChI=1S/C24H23N3O2/c1-16-8-10-18(11-9-16)15-26-22(28)14-21-23-20(7-4-12-25-23)24(29)27(21)19-6-3-5-17(2)13-19/h3-13,21H,14-15H2,1-2H3,(H,26,28)/t21-/m0/s1. The molecule has 2 aromatic carbocycles. The second kappa shape index (κ2) is 7.87. The maximum Gasteiger partial charge on any atom is 0.260 e. The van der Waals surface area contributed by atoms with Gasteiger partial charge < -0.3 is 5.32 Å². The van der Waals surface area contributed by atoms with Gasteiger partial charge >= 0.3 is 0 Å². The van der Waals surface area contributed by atoms with Gasteiger partial charge in [-0.05, 0) is 49.2 Å². The molecule has 1 aromatic heterocycles. The molecule has 0 bridgehead atoms. The number of benzene rings is 2. The first-order valence-electron chi connectivity index (χ1n) is 9.70. The van der Waals surface area contributed by atoms with E-state index < -0.39 is 6.04 Å². The third-order valence-corrected chi connectivity index (χ3v) is 5.18. The Kier molecular flexibility index (Phi) is 5.12. The van der Waals surface area contributed by atoms with E-state index in [0.717, 1.165) is 16.8 Å². The summed E-state index contributed by atoms with van der Waals surface area (Å²) in [6, 6.07) is 18.9. The molecule has 3 aromatic rings. The Bertz CT molecular complexity index is 1060. The molecule has 1 atom stereocenters. The first kappa shape index (κ1) is 18.9. The van der Waals surface area contributed by atoms with Gasteiger partial charge in [-0.15, -0.1) is 0 Å². The van der Waals surface area contributed by atoms with E-state index in [1.807, 2.05) is 62.4 Å². The molecular formula is C24H23N3O2. The predicted molar refractivity (Wildman–Crippen MR) is 113 cm³/mol. The highest BCUT2D eigenvalue weighted by Crippen LogP contribution is 2.38. The van der Waals surface area contributed by atoms with Crippen molar-refractivity contribution in [2.24, 2.45) is 0 Å². The Morgan fingerprint density at radius 1 is 1.03 bits per heavy atom. The lowest BCUT2D eigenvalue weighted by molar-refractivity contribution is -0.121. The number of pyridine rings is 1. The summed E-state index contributed by atoms with van der Waals surface area (Å²) in [6.45, 7) is 4.47. The summed E-state index contributed by atoms with van der Waals surface area (Å²) in [5.74, 6) is -0.227. The van der Waals surface area contributed by atoms with Gasteiger partial charge in [0.05, 0.1) is 23.7 Å². The number of aromatic nitrogens is 1. The molecule has 0 saturated carbocycles. The van der Waals surface area contributed by atoms with Crippen LogP contribution in [0.5, 0.6) is 0 Å². The SMILES string of the molecule is Cc1ccc(CNC(=O)C[C@H]2c3ncccc3C(=O)N2c2cccc(C)c2)cc1. The zero-order chi connectivity index (χ0) is 20.4. The van der Waals surface area contributed by atoms with E-state index in [1.54, 1.807) is 23.2 Å². The number of rotatable bonds is 5. The van der Waals surface area contributed by atoms with E-state index >= 15 is 0 Å². The summed E-state index contributed by atoms with van der Waals surface area (Å²) in [4.78, 5) is 31.9. The zero-order valence-electron chi connectivity index (χ0n) is 16.6. The van der Waals surface area contributed by atoms with Gasteiger partial charge in [-0.1, -0.05) is 42.0 Å². The van der Waals surface area contributed by atoms with Gasteiger partial charge in [0, 0.05) is 18.4 Å². The van der Waals surface area contributed by atoms with Crippen molar-refractivity contribution in [2.75, 3.05) is 4.90 Å². The van der Waals surface area contributed by atoms with Crippen LogP contribution < -0.4 is 10.2 Å². The van der Waals surface area contributed by atoms with E-state index in [9.17, 15) is 9.59 Å². The van der Waals surface area contributed by atoms with Crippen LogP contribution in [0.4, 0.5) is 5.69 Å². The Morgan fingerprint density at radius 3 is 2.59 bits per heavy atom. The van der Waals surface area contributed by atoms with E-state index in [0.29, 0.717) is 17.8 Å². The van der Waals surface area contributed by atoms with E-state index in [2.05, 4.69) is 10.3 Å². The van der Waals surface area contributed by atoms with Gasteiger partial charge in [-0.2, -0.15) is 0 Å². The largest absolute Gasteiger partial charge is 0.352 e. The number of carbonyl (C=O) groups is 2. The van der Waals surface area contributed by atoms with Crippen molar-refractivity contribution in [1.29, 1.82) is 0 Å². The van der Waals surface area contributed by atoms with Crippen molar-refractivity contribution in [3.8, 4) is 0 Å². The Labute approximate surface area is 170 Å². The third kappa shape index (κ3) is 3.90. The van der Waals surface area contributed by atoms with Crippen LogP contribution in [0.15, 0.2) is 66.9 Å². The number of nitrogens with one attached hydrogen (secondary N) is 1. The molecule has 29 heavy (non-hydrogen) atoms. The van der Waals surface area contributed by atoms with Crippen molar-refractivity contribution < 1.29 is 9.59 Å². The normalized spacial score (nSPS) is 15.3. The van der Waals surface area contributed by atoms with Crippen LogP contribution in [0.2, 0.25) is 0 Å². The summed E-state index contributed by atoms with van der Waals surface area (Å²) < 4.78 is 0. The lowest BCUT2D eigenvalue weighted by Crippen LogP contribution is -2.33. The van der Waals surface area contributed by atoms with Crippen LogP contribution in [-0.4, -0.2) is 16.8 Å². The Morgan fingerprint density at radius 2 is 1.83 bits per heavy atom. The summed E-state index contributed by atoms with van der Waals surface area (Å²) in [5.41, 5.74) is 5.28. The number of aryl methyl sites for hydroxylation is 2. The Hall–Kier alpha value is -3.47. The average molecular weight is 385 g/mol. The number of nitrogens with zero attached hydrogens (tertiary/aromatic N) is 2. The molecule has 1 N–H and O–H groups in total. The molecule has 146 valence electrons. The quantitative estimate of drug-likeness (QED) is 0.719. The molecule has 0 fully saturated rings. The van der Waals surface area contributed by atoms with Crippen molar-refractivity contribution in [3.05, 3.63) is 94.8 Å². The number of hydrogen-bond donors (Lipinski definition) is 1. The second-order valence-corrected chi connectivity index (χ2v) is 7.43. The van der Waals surface area contributed by atoms with Crippen LogP contribution in [0.3, 0.4) is 0 Å². The van der Waals surface area contributed by atoms with Gasteiger partial charge in [-0.25, -0.2) is 0 Å². The number of anilines is 1. The smallest absolute Gasteiger partial charge is 0.260 e. The lowest BCUT2D eigenvalue weighted by Gasteiger charge is -2.25. The first-order chi connectivity index (χ1) is 14.0. The Balaban J connectivity index is 1.56. The third-order valence-electron chi connectivity index (χ3n) is 5.18. The van der Waals surface area contributed by atoms with Crippen molar-refractivity contribution in [3.63, 3.8) is 0 Å². The zero-order valence-corrected chi connectivity index (χ0v) is 16.6. The van der Waals surface area contributed by atoms with E-state index in [4.69, 9.17) is 0 Å². The lowest BCUT2D eigenvalue weighted by atomic mass is 10.1. The van der Waals surface area contributed by atoms with Crippen LogP contribution in [-0.2, 0) is 11.3 Å². The molecule has 5 heteroatoms. The van der Waals surface area contributed by atoms with Gasteiger partial charge in [0.15, 0.2) is 0 Å². The average Bonchev–Trinajstić information content (AvgIpc) is 2.99. The van der Waals surface area contributed by atoms with E-state index in [1.165, 1.54) is 5.56 Å². The molecule has 5 nitrogen and oxygen atoms in total. The van der Waals surface area contributed by atoms with Crippen molar-refractivity contribution in [1.82, 2.24) is 10.3 Å². The molecular weight excluding hydrogens is 362 g/mol. The molecule has 2 heterocycles. The maximum atomic E-state index is 13.1. The highest BCUT2D eigenvalue weighted by Gasteiger charge is 2.39. The van der Waals surface area contributed by atoms with Crippen LogP contribution >= 0.6 is 0 Å². The van der Waals surface area contributed by atoms with Crippen LogP contribution in [0.1, 0.15) is 45.2 Å². The minimum Gasteiger partial charge on any atom is -0.352 e. The minimum absolute atomic E-state index is 0.112. The number of carbonyl (C=O) groups excluding carboxylic acids is 2. The van der Waals surface area contributed by atoms with Crippen molar-refractivity contribution in [2.45, 2.75) is 32.9 Å². The molecule has 2 amide bonds. The fourth-order valence-electron chi connectivity index (χ4n) is 3.67. The van der Waals surface area contributed by atoms with Gasteiger partial charge in [0.25, 0.3) is 5.91 Å². The number of fused-ring (bicyclic) bond motifs is 1. The fourth-order valence-corrected chi connectivity index (χ4v) is 3.67. The first-order valence-corrected chi connectivity index (χ1v) is 9.70. The molecule has 4 rings (SSSR count). The monoisotopic (exact) mass is 385 g/mol. The fraction of sp³-hybridized carbons (Fsp3) is 0.208. The van der Waals surface area contributed by atoms with Gasteiger partial charge in [-0.3, -0.25) is 19.5 Å². The van der Waals surface area contributed by atoms with Crippen LogP contribution in [0, 0.1) is 13.8 Å². The maximum absolute atomic E-state index is 13.1. The molecule has 1 aliphatic rings. The summed E-state index contributed by atoms with van der Waals surface area (Å²) in [6.07, 6.45) is 1.83. The molecule has 0 aliphatic carbocycles. The topological polar surface area (TPSA) is 62.3 Å². The minimum atomic E-state index is -0.418. The van der Waals surface area contributed by atoms with Crippen LogP contribution in [0.25, 0.3) is 0 Å². The second-order valence-electron chi connectivity index (χ2n) is 7.43. The molecule has 0 radical (unpaired) electrons. The predicted octanol–water partition coefficient (Wildman–Crippen LogP) is 4.11. The van der Waals surface area contributed by atoms with Gasteiger partial charge in [0.1, 0.15) is 0 Å². The molecule has 0 spiro atoms. The molecule has 0 saturated heterocycles. The summed E-state index contributed by atoms with van der Waals surface area (Å²) >= 11 is 0. The van der Waals surface area contributed by atoms with Gasteiger partial charge in [0.2, 0.25) is 5.91 Å². The number of amides is 2. The number of hydrogen-bond acceptors (Lipinski definition) is 3. The highest BCUT2D eigenvalue weighted by atomic mass is 16.2. The van der Waals surface area contributed by atoms with E-state index in [-0.39, 0.29) is 18.2 Å². The summed E-state index contributed by atoms with van der Waals surface area (Å²) in [5, 5.41) is 2.97. The highest BCUT2D eigenvalue weighted by molar-refractivity contribution is 6.11.